The van der Waals surface area contributed by atoms with E-state index in [1.54, 1.807) is 18.4 Å². The number of thiophene rings is 1. The predicted octanol–water partition coefficient (Wildman–Crippen LogP) is 1.86. The third-order valence-electron chi connectivity index (χ3n) is 3.03. The average molecular weight is 282 g/mol. The molecule has 0 aliphatic rings. The maximum absolute atomic E-state index is 12.2. The van der Waals surface area contributed by atoms with Crippen molar-refractivity contribution in [3.05, 3.63) is 21.4 Å². The minimum Gasteiger partial charge on any atom is -0.359 e. The molecule has 4 nitrogen and oxygen atoms in total. The Balaban J connectivity index is 2.57. The number of nitrogens with one attached hydrogen (secondary N) is 1. The van der Waals surface area contributed by atoms with Gasteiger partial charge in [0.25, 0.3) is 0 Å². The molecule has 0 fully saturated rings. The molecular formula is C14H22N2O2S. The Hall–Kier alpha value is -1.20. The van der Waals surface area contributed by atoms with E-state index in [1.165, 1.54) is 0 Å². The Labute approximate surface area is 118 Å². The lowest BCUT2D eigenvalue weighted by Crippen LogP contribution is -2.36. The third-order valence-corrected chi connectivity index (χ3v) is 4.00. The van der Waals surface area contributed by atoms with E-state index in [2.05, 4.69) is 5.32 Å². The van der Waals surface area contributed by atoms with E-state index in [0.29, 0.717) is 13.1 Å². The molecule has 1 heterocycles. The summed E-state index contributed by atoms with van der Waals surface area (Å²) in [5.74, 6) is 0.00317. The zero-order valence-electron chi connectivity index (χ0n) is 12.2. The normalized spacial score (nSPS) is 12.5. The standard InChI is InChI=1S/C14H22N2O2S/c1-9(14(18)15-4)7-16(5)8-13(17)12-6-10(2)19-11(12)3/h6,9H,7-8H2,1-5H3,(H,15,18). The van der Waals surface area contributed by atoms with Crippen molar-refractivity contribution in [3.8, 4) is 0 Å². The molecule has 1 N–H and O–H groups in total. The summed E-state index contributed by atoms with van der Waals surface area (Å²) < 4.78 is 0. The van der Waals surface area contributed by atoms with Crippen LogP contribution in [0.4, 0.5) is 0 Å². The molecule has 1 aromatic rings. The van der Waals surface area contributed by atoms with Crippen LogP contribution in [0.25, 0.3) is 0 Å². The molecular weight excluding hydrogens is 260 g/mol. The molecule has 19 heavy (non-hydrogen) atoms. The van der Waals surface area contributed by atoms with E-state index in [-0.39, 0.29) is 17.6 Å². The van der Waals surface area contributed by atoms with Gasteiger partial charge in [0.1, 0.15) is 0 Å². The molecule has 106 valence electrons. The van der Waals surface area contributed by atoms with Gasteiger partial charge in [0, 0.05) is 34.8 Å². The van der Waals surface area contributed by atoms with Crippen molar-refractivity contribution >= 4 is 23.0 Å². The third kappa shape index (κ3) is 4.44. The number of hydrogen-bond acceptors (Lipinski definition) is 4. The van der Waals surface area contributed by atoms with Gasteiger partial charge in [0.2, 0.25) is 5.91 Å². The monoisotopic (exact) mass is 282 g/mol. The first kappa shape index (κ1) is 15.9. The molecule has 0 saturated heterocycles. The second-order valence-corrected chi connectivity index (χ2v) is 6.42. The van der Waals surface area contributed by atoms with Crippen LogP contribution in [0.15, 0.2) is 6.07 Å². The number of amides is 1. The summed E-state index contributed by atoms with van der Waals surface area (Å²) in [5, 5.41) is 2.62. The van der Waals surface area contributed by atoms with Crippen LogP contribution in [0.1, 0.15) is 27.0 Å². The lowest BCUT2D eigenvalue weighted by molar-refractivity contribution is -0.124. The predicted molar refractivity (Wildman–Crippen MR) is 78.9 cm³/mol. The topological polar surface area (TPSA) is 49.4 Å². The number of carbonyl (C=O) groups excluding carboxylic acids is 2. The van der Waals surface area contributed by atoms with Gasteiger partial charge in [0.15, 0.2) is 5.78 Å². The van der Waals surface area contributed by atoms with E-state index in [9.17, 15) is 9.59 Å². The highest BCUT2D eigenvalue weighted by molar-refractivity contribution is 7.12. The number of carbonyl (C=O) groups is 2. The highest BCUT2D eigenvalue weighted by Gasteiger charge is 2.18. The van der Waals surface area contributed by atoms with Crippen LogP contribution < -0.4 is 5.32 Å². The van der Waals surface area contributed by atoms with Crippen LogP contribution in [0.2, 0.25) is 0 Å². The van der Waals surface area contributed by atoms with Crippen LogP contribution >= 0.6 is 11.3 Å². The van der Waals surface area contributed by atoms with Crippen molar-refractivity contribution in [1.82, 2.24) is 10.2 Å². The molecule has 0 spiro atoms. The zero-order valence-corrected chi connectivity index (χ0v) is 13.1. The fourth-order valence-corrected chi connectivity index (χ4v) is 3.04. The van der Waals surface area contributed by atoms with Gasteiger partial charge in [-0.25, -0.2) is 0 Å². The molecule has 5 heteroatoms. The number of rotatable bonds is 6. The van der Waals surface area contributed by atoms with Crippen LogP contribution in [-0.4, -0.2) is 43.8 Å². The Bertz CT molecular complexity index is 468. The first-order valence-corrected chi connectivity index (χ1v) is 7.17. The summed E-state index contributed by atoms with van der Waals surface area (Å²) >= 11 is 1.64. The lowest BCUT2D eigenvalue weighted by Gasteiger charge is -2.19. The summed E-state index contributed by atoms with van der Waals surface area (Å²) in [6.45, 7) is 6.76. The Morgan fingerprint density at radius 2 is 2.05 bits per heavy atom. The summed E-state index contributed by atoms with van der Waals surface area (Å²) in [5.41, 5.74) is 0.807. The fourth-order valence-electron chi connectivity index (χ4n) is 2.10. The number of hydrogen-bond donors (Lipinski definition) is 1. The van der Waals surface area contributed by atoms with Gasteiger partial charge in [-0.3, -0.25) is 14.5 Å². The molecule has 0 saturated carbocycles. The van der Waals surface area contributed by atoms with Crippen molar-refractivity contribution in [1.29, 1.82) is 0 Å². The molecule has 0 radical (unpaired) electrons. The zero-order chi connectivity index (χ0) is 14.6. The van der Waals surface area contributed by atoms with Crippen molar-refractivity contribution < 1.29 is 9.59 Å². The van der Waals surface area contributed by atoms with Crippen molar-refractivity contribution in [3.63, 3.8) is 0 Å². The summed E-state index contributed by atoms with van der Waals surface area (Å²) in [6, 6.07) is 1.94. The van der Waals surface area contributed by atoms with Gasteiger partial charge in [0.05, 0.1) is 6.54 Å². The SMILES string of the molecule is CNC(=O)C(C)CN(C)CC(=O)c1cc(C)sc1C. The Morgan fingerprint density at radius 3 is 2.53 bits per heavy atom. The number of aryl methyl sites for hydroxylation is 2. The Morgan fingerprint density at radius 1 is 1.42 bits per heavy atom. The maximum Gasteiger partial charge on any atom is 0.223 e. The molecule has 0 aliphatic heterocycles. The first-order chi connectivity index (χ1) is 8.85. The largest absolute Gasteiger partial charge is 0.359 e. The smallest absolute Gasteiger partial charge is 0.223 e. The van der Waals surface area contributed by atoms with Crippen LogP contribution in [0.3, 0.4) is 0 Å². The molecule has 1 aromatic heterocycles. The van der Waals surface area contributed by atoms with Crippen molar-refractivity contribution in [2.45, 2.75) is 20.8 Å². The average Bonchev–Trinajstić information content (AvgIpc) is 2.67. The number of ketones is 1. The van der Waals surface area contributed by atoms with Gasteiger partial charge < -0.3 is 5.32 Å². The van der Waals surface area contributed by atoms with E-state index >= 15 is 0 Å². The van der Waals surface area contributed by atoms with E-state index in [0.717, 1.165) is 15.3 Å². The van der Waals surface area contributed by atoms with Gasteiger partial charge in [-0.15, -0.1) is 11.3 Å². The van der Waals surface area contributed by atoms with Crippen LogP contribution in [-0.2, 0) is 4.79 Å². The second-order valence-electron chi connectivity index (χ2n) is 4.96. The summed E-state index contributed by atoms with van der Waals surface area (Å²) in [4.78, 5) is 27.7. The second kappa shape index (κ2) is 6.82. The van der Waals surface area contributed by atoms with Gasteiger partial charge in [-0.1, -0.05) is 6.92 Å². The minimum atomic E-state index is -0.117. The fraction of sp³-hybridized carbons (Fsp3) is 0.571. The lowest BCUT2D eigenvalue weighted by atomic mass is 10.1. The molecule has 0 aromatic carbocycles. The maximum atomic E-state index is 12.2. The molecule has 1 unspecified atom stereocenters. The summed E-state index contributed by atoms with van der Waals surface area (Å²) in [6.07, 6.45) is 0. The van der Waals surface area contributed by atoms with Gasteiger partial charge in [-0.05, 0) is 27.0 Å². The highest BCUT2D eigenvalue weighted by atomic mass is 32.1. The van der Waals surface area contributed by atoms with E-state index in [4.69, 9.17) is 0 Å². The highest BCUT2D eigenvalue weighted by Crippen LogP contribution is 2.21. The molecule has 1 amide bonds. The van der Waals surface area contributed by atoms with Crippen molar-refractivity contribution in [2.75, 3.05) is 27.2 Å². The molecule has 1 atom stereocenters. The van der Waals surface area contributed by atoms with E-state index < -0.39 is 0 Å². The Kier molecular flexibility index (Phi) is 5.69. The number of likely N-dealkylation sites (N-methyl/N-ethyl adjacent to an activating group) is 1. The molecule has 0 aliphatic carbocycles. The minimum absolute atomic E-state index is 0.00172. The first-order valence-electron chi connectivity index (χ1n) is 6.35. The van der Waals surface area contributed by atoms with Crippen LogP contribution in [0, 0.1) is 19.8 Å². The van der Waals surface area contributed by atoms with Crippen LogP contribution in [0.5, 0.6) is 0 Å². The van der Waals surface area contributed by atoms with E-state index in [1.807, 2.05) is 38.8 Å². The van der Waals surface area contributed by atoms with Crippen molar-refractivity contribution in [2.24, 2.45) is 5.92 Å². The quantitative estimate of drug-likeness (QED) is 0.810. The van der Waals surface area contributed by atoms with Gasteiger partial charge >= 0.3 is 0 Å². The molecule has 1 rings (SSSR count). The number of nitrogens with zero attached hydrogens (tertiary/aromatic N) is 1. The number of Topliss-reactive ketones (excluding diaryl/α,β-unsaturated/α-hetero) is 1. The summed E-state index contributed by atoms with van der Waals surface area (Å²) in [7, 11) is 3.49. The van der Waals surface area contributed by atoms with Gasteiger partial charge in [-0.2, -0.15) is 0 Å². The molecule has 0 bridgehead atoms.